The fourth-order valence-corrected chi connectivity index (χ4v) is 3.05. The number of carbonyl (C=O) groups is 1. The number of hydrogen-bond donors (Lipinski definition) is 3. The van der Waals surface area contributed by atoms with Gasteiger partial charge in [0.25, 0.3) is 5.69 Å². The number of hydrogen-bond acceptors (Lipinski definition) is 8. The maximum absolute atomic E-state index is 12.5. The highest BCUT2D eigenvalue weighted by Gasteiger charge is 2.27. The van der Waals surface area contributed by atoms with Crippen LogP contribution in [-0.4, -0.2) is 48.4 Å². The minimum Gasteiger partial charge on any atom is -0.394 e. The Kier molecular flexibility index (Phi) is 7.19. The molecule has 162 valence electrons. The third-order valence-corrected chi connectivity index (χ3v) is 4.77. The number of non-ortho nitro benzene ring substituents is 1. The molecular formula is C18H23N5O7. The van der Waals surface area contributed by atoms with Gasteiger partial charge in [0.1, 0.15) is 17.5 Å². The van der Waals surface area contributed by atoms with Crippen molar-refractivity contribution in [3.8, 4) is 0 Å². The number of nitrogens with zero attached hydrogens (tertiary/aromatic N) is 4. The molecule has 3 unspecified atom stereocenters. The molecule has 2 aromatic rings. The van der Waals surface area contributed by atoms with Crippen molar-refractivity contribution in [3.05, 3.63) is 61.4 Å². The van der Waals surface area contributed by atoms with Gasteiger partial charge in [0, 0.05) is 12.1 Å². The van der Waals surface area contributed by atoms with Gasteiger partial charge in [-0.25, -0.2) is 0 Å². The van der Waals surface area contributed by atoms with Crippen molar-refractivity contribution >= 4 is 17.3 Å². The van der Waals surface area contributed by atoms with Crippen LogP contribution >= 0.6 is 0 Å². The van der Waals surface area contributed by atoms with Crippen molar-refractivity contribution in [2.75, 3.05) is 6.61 Å². The smallest absolute Gasteiger partial charge is 0.312 e. The predicted octanol–water partition coefficient (Wildman–Crippen LogP) is 1.16. The largest absolute Gasteiger partial charge is 0.394 e. The van der Waals surface area contributed by atoms with E-state index in [0.29, 0.717) is 11.3 Å². The minimum atomic E-state index is -1.29. The van der Waals surface area contributed by atoms with Crippen LogP contribution in [0.25, 0.3) is 0 Å². The van der Waals surface area contributed by atoms with Gasteiger partial charge in [-0.15, -0.1) is 0 Å². The highest BCUT2D eigenvalue weighted by Crippen LogP contribution is 2.23. The van der Waals surface area contributed by atoms with Crippen molar-refractivity contribution in [2.45, 2.75) is 39.5 Å². The molecule has 0 aliphatic rings. The number of aliphatic hydroxyl groups excluding tert-OH is 2. The van der Waals surface area contributed by atoms with E-state index in [2.05, 4.69) is 10.4 Å². The molecule has 12 heteroatoms. The summed E-state index contributed by atoms with van der Waals surface area (Å²) in [5.41, 5.74) is 0.600. The van der Waals surface area contributed by atoms with Gasteiger partial charge in [0.05, 0.1) is 35.0 Å². The summed E-state index contributed by atoms with van der Waals surface area (Å²) in [5, 5.41) is 48.5. The fraction of sp³-hybridized carbons (Fsp3) is 0.444. The molecule has 3 N–H and O–H groups in total. The first kappa shape index (κ1) is 22.9. The second-order valence-electron chi connectivity index (χ2n) is 6.95. The number of carbonyl (C=O) groups excluding carboxylic acids is 1. The molecule has 3 atom stereocenters. The first-order chi connectivity index (χ1) is 14.1. The maximum atomic E-state index is 12.5. The molecule has 1 aromatic heterocycles. The molecule has 1 amide bonds. The number of nitro benzene ring substituents is 1. The summed E-state index contributed by atoms with van der Waals surface area (Å²) < 4.78 is 1.37. The van der Waals surface area contributed by atoms with E-state index in [0.717, 1.165) is 0 Å². The quantitative estimate of drug-likeness (QED) is 0.399. The van der Waals surface area contributed by atoms with Crippen molar-refractivity contribution in [2.24, 2.45) is 5.92 Å². The zero-order chi connectivity index (χ0) is 22.6. The van der Waals surface area contributed by atoms with Crippen LogP contribution in [-0.2, 0) is 11.3 Å². The van der Waals surface area contributed by atoms with E-state index in [1.807, 2.05) is 0 Å². The van der Waals surface area contributed by atoms with E-state index >= 15 is 0 Å². The summed E-state index contributed by atoms with van der Waals surface area (Å²) >= 11 is 0. The number of rotatable bonds is 9. The van der Waals surface area contributed by atoms with Crippen LogP contribution in [0.3, 0.4) is 0 Å². The number of aliphatic hydroxyl groups is 2. The van der Waals surface area contributed by atoms with E-state index in [-0.39, 0.29) is 23.6 Å². The summed E-state index contributed by atoms with van der Waals surface area (Å²) in [6.07, 6.45) is -1.29. The van der Waals surface area contributed by atoms with Crippen molar-refractivity contribution in [1.29, 1.82) is 0 Å². The SMILES string of the molecule is Cc1nn(CC(C)C(=O)NC(CO)C(O)c2ccc([N+](=O)[O-])cc2)c(C)c1[N+](=O)[O-]. The van der Waals surface area contributed by atoms with Crippen LogP contribution in [0.5, 0.6) is 0 Å². The third kappa shape index (κ3) is 4.96. The zero-order valence-corrected chi connectivity index (χ0v) is 16.7. The number of aryl methyl sites for hydroxylation is 1. The van der Waals surface area contributed by atoms with Crippen LogP contribution in [0.4, 0.5) is 11.4 Å². The van der Waals surface area contributed by atoms with Gasteiger partial charge in [0.15, 0.2) is 0 Å². The summed E-state index contributed by atoms with van der Waals surface area (Å²) in [7, 11) is 0. The number of amides is 1. The first-order valence-electron chi connectivity index (χ1n) is 9.08. The lowest BCUT2D eigenvalue weighted by Gasteiger charge is -2.24. The normalized spacial score (nSPS) is 14.0. The molecule has 12 nitrogen and oxygen atoms in total. The standard InChI is InChI=1S/C18H23N5O7/c1-10(8-21-12(3)16(23(29)30)11(2)20-21)18(26)19-15(9-24)17(25)13-4-6-14(7-5-13)22(27)28/h4-7,10,15,17,24-25H,8-9H2,1-3H3,(H,19,26). The molecule has 1 heterocycles. The third-order valence-electron chi connectivity index (χ3n) is 4.77. The summed E-state index contributed by atoms with van der Waals surface area (Å²) in [6.45, 7) is 4.14. The Morgan fingerprint density at radius 3 is 2.27 bits per heavy atom. The molecule has 2 rings (SSSR count). The Morgan fingerprint density at radius 2 is 1.80 bits per heavy atom. The van der Waals surface area contributed by atoms with E-state index in [1.165, 1.54) is 42.8 Å². The molecule has 0 bridgehead atoms. The summed E-state index contributed by atoms with van der Waals surface area (Å²) in [5.74, 6) is -1.16. The molecule has 0 saturated heterocycles. The molecule has 0 aliphatic carbocycles. The zero-order valence-electron chi connectivity index (χ0n) is 16.7. The average molecular weight is 421 g/mol. The van der Waals surface area contributed by atoms with E-state index < -0.39 is 40.4 Å². The van der Waals surface area contributed by atoms with Gasteiger partial charge < -0.3 is 15.5 Å². The lowest BCUT2D eigenvalue weighted by molar-refractivity contribution is -0.386. The van der Waals surface area contributed by atoms with Crippen molar-refractivity contribution in [3.63, 3.8) is 0 Å². The molecular weight excluding hydrogens is 398 g/mol. The van der Waals surface area contributed by atoms with Gasteiger partial charge in [-0.05, 0) is 31.5 Å². The Balaban J connectivity index is 2.08. The number of benzene rings is 1. The molecule has 0 fully saturated rings. The molecule has 1 aromatic carbocycles. The molecule has 30 heavy (non-hydrogen) atoms. The Hall–Kier alpha value is -3.38. The fourth-order valence-electron chi connectivity index (χ4n) is 3.05. The number of aromatic nitrogens is 2. The highest BCUT2D eigenvalue weighted by molar-refractivity contribution is 5.78. The van der Waals surface area contributed by atoms with Crippen LogP contribution in [0.15, 0.2) is 24.3 Å². The average Bonchev–Trinajstić information content (AvgIpc) is 2.98. The van der Waals surface area contributed by atoms with E-state index in [1.54, 1.807) is 6.92 Å². The summed E-state index contributed by atoms with van der Waals surface area (Å²) in [4.78, 5) is 33.3. The monoisotopic (exact) mass is 421 g/mol. The van der Waals surface area contributed by atoms with Crippen LogP contribution in [0, 0.1) is 40.0 Å². The van der Waals surface area contributed by atoms with Crippen LogP contribution in [0.2, 0.25) is 0 Å². The van der Waals surface area contributed by atoms with Crippen LogP contribution in [0.1, 0.15) is 30.0 Å². The van der Waals surface area contributed by atoms with Gasteiger partial charge in [-0.2, -0.15) is 5.10 Å². The predicted molar refractivity (Wildman–Crippen MR) is 105 cm³/mol. The minimum absolute atomic E-state index is 0.0676. The first-order valence-corrected chi connectivity index (χ1v) is 9.08. The van der Waals surface area contributed by atoms with Crippen molar-refractivity contribution < 1.29 is 24.9 Å². The molecule has 0 aliphatic heterocycles. The topological polar surface area (TPSA) is 174 Å². The van der Waals surface area contributed by atoms with E-state index in [4.69, 9.17) is 0 Å². The van der Waals surface area contributed by atoms with Crippen LogP contribution < -0.4 is 5.32 Å². The Bertz CT molecular complexity index is 941. The number of nitro groups is 2. The Labute approximate surface area is 171 Å². The second-order valence-corrected chi connectivity index (χ2v) is 6.95. The second kappa shape index (κ2) is 9.41. The van der Waals surface area contributed by atoms with Gasteiger partial charge in [-0.3, -0.25) is 29.7 Å². The van der Waals surface area contributed by atoms with Crippen molar-refractivity contribution in [1.82, 2.24) is 15.1 Å². The summed E-state index contributed by atoms with van der Waals surface area (Å²) in [6, 6.07) is 4.07. The van der Waals surface area contributed by atoms with Gasteiger partial charge in [0.2, 0.25) is 5.91 Å². The number of nitrogens with one attached hydrogen (secondary N) is 1. The molecule has 0 radical (unpaired) electrons. The maximum Gasteiger partial charge on any atom is 0.312 e. The Morgan fingerprint density at radius 1 is 1.20 bits per heavy atom. The lowest BCUT2D eigenvalue weighted by atomic mass is 10.0. The van der Waals surface area contributed by atoms with E-state index in [9.17, 15) is 35.2 Å². The molecule has 0 saturated carbocycles. The highest BCUT2D eigenvalue weighted by atomic mass is 16.6. The van der Waals surface area contributed by atoms with Gasteiger partial charge >= 0.3 is 5.69 Å². The lowest BCUT2D eigenvalue weighted by Crippen LogP contribution is -2.44. The van der Waals surface area contributed by atoms with Gasteiger partial charge in [-0.1, -0.05) is 6.92 Å². The molecule has 0 spiro atoms.